The molecule has 0 saturated carbocycles. The van der Waals surface area contributed by atoms with E-state index < -0.39 is 0 Å². The lowest BCUT2D eigenvalue weighted by Gasteiger charge is -2.05. The Hall–Kier alpha value is -1.09. The molecule has 2 aromatic heterocycles. The molecule has 0 radical (unpaired) electrons. The molecule has 98 valence electrons. The standard InChI is InChI=1S/C10H15N5O2S/c1-16-5-8-12-13-10-15(8)14-9(18-10)7-3-6(17-2)4-11-7/h6-7,11H,3-5H2,1-2H3. The summed E-state index contributed by atoms with van der Waals surface area (Å²) in [6, 6.07) is 0.247. The van der Waals surface area contributed by atoms with Gasteiger partial charge in [-0.05, 0) is 6.42 Å². The predicted molar refractivity (Wildman–Crippen MR) is 65.5 cm³/mol. The zero-order chi connectivity index (χ0) is 12.5. The number of nitrogens with one attached hydrogen (secondary N) is 1. The van der Waals surface area contributed by atoms with Gasteiger partial charge in [0.25, 0.3) is 0 Å². The summed E-state index contributed by atoms with van der Waals surface area (Å²) in [5.41, 5.74) is 0. The van der Waals surface area contributed by atoms with E-state index >= 15 is 0 Å². The SMILES string of the molecule is COCc1nnc2sc(C3CC(OC)CN3)nn12. The van der Waals surface area contributed by atoms with Gasteiger partial charge >= 0.3 is 0 Å². The van der Waals surface area contributed by atoms with Crippen LogP contribution < -0.4 is 5.32 Å². The molecule has 1 aliphatic rings. The molecule has 1 aliphatic heterocycles. The van der Waals surface area contributed by atoms with Crippen LogP contribution in [0, 0.1) is 0 Å². The van der Waals surface area contributed by atoms with Gasteiger partial charge in [-0.3, -0.25) is 0 Å². The van der Waals surface area contributed by atoms with Gasteiger partial charge in [-0.25, -0.2) is 0 Å². The minimum absolute atomic E-state index is 0.247. The topological polar surface area (TPSA) is 73.6 Å². The van der Waals surface area contributed by atoms with Crippen molar-refractivity contribution in [2.75, 3.05) is 20.8 Å². The summed E-state index contributed by atoms with van der Waals surface area (Å²) in [6.45, 7) is 1.29. The molecule has 1 saturated heterocycles. The number of aromatic nitrogens is 4. The first-order chi connectivity index (χ1) is 8.81. The molecule has 2 aromatic rings. The second-order valence-electron chi connectivity index (χ2n) is 4.24. The van der Waals surface area contributed by atoms with E-state index in [4.69, 9.17) is 9.47 Å². The second-order valence-corrected chi connectivity index (χ2v) is 5.23. The lowest BCUT2D eigenvalue weighted by molar-refractivity contribution is 0.117. The summed E-state index contributed by atoms with van der Waals surface area (Å²) in [5.74, 6) is 0.733. The normalized spacial score (nSPS) is 24.1. The van der Waals surface area contributed by atoms with Crippen LogP contribution in [0.15, 0.2) is 0 Å². The Morgan fingerprint density at radius 2 is 2.33 bits per heavy atom. The average molecular weight is 269 g/mol. The van der Waals surface area contributed by atoms with Crippen LogP contribution in [0.2, 0.25) is 0 Å². The number of methoxy groups -OCH3 is 2. The van der Waals surface area contributed by atoms with Crippen LogP contribution in [0.25, 0.3) is 4.96 Å². The molecule has 0 aliphatic carbocycles. The predicted octanol–water partition coefficient (Wildman–Crippen LogP) is 0.382. The fourth-order valence-corrected chi connectivity index (χ4v) is 3.05. The maximum Gasteiger partial charge on any atom is 0.234 e. The molecule has 18 heavy (non-hydrogen) atoms. The van der Waals surface area contributed by atoms with E-state index in [0.29, 0.717) is 6.61 Å². The van der Waals surface area contributed by atoms with Crippen LogP contribution in [-0.4, -0.2) is 46.7 Å². The van der Waals surface area contributed by atoms with Gasteiger partial charge in [-0.1, -0.05) is 11.3 Å². The minimum atomic E-state index is 0.247. The maximum atomic E-state index is 5.34. The van der Waals surface area contributed by atoms with E-state index in [1.54, 1.807) is 30.1 Å². The number of rotatable bonds is 4. The number of fused-ring (bicyclic) bond motifs is 1. The summed E-state index contributed by atoms with van der Waals surface area (Å²) in [7, 11) is 3.38. The summed E-state index contributed by atoms with van der Waals surface area (Å²) < 4.78 is 12.2. The quantitative estimate of drug-likeness (QED) is 0.865. The third-order valence-electron chi connectivity index (χ3n) is 3.07. The van der Waals surface area contributed by atoms with Crippen LogP contribution >= 0.6 is 11.3 Å². The Balaban J connectivity index is 1.85. The lowest BCUT2D eigenvalue weighted by atomic mass is 10.2. The monoisotopic (exact) mass is 269 g/mol. The Morgan fingerprint density at radius 3 is 3.06 bits per heavy atom. The van der Waals surface area contributed by atoms with Crippen molar-refractivity contribution in [2.24, 2.45) is 0 Å². The van der Waals surface area contributed by atoms with Gasteiger partial charge in [-0.15, -0.1) is 10.2 Å². The van der Waals surface area contributed by atoms with Gasteiger partial charge in [0.1, 0.15) is 11.6 Å². The van der Waals surface area contributed by atoms with E-state index in [1.807, 2.05) is 0 Å². The number of hydrogen-bond acceptors (Lipinski definition) is 7. The molecule has 3 heterocycles. The first-order valence-electron chi connectivity index (χ1n) is 5.78. The van der Waals surface area contributed by atoms with Gasteiger partial charge in [0, 0.05) is 20.8 Å². The van der Waals surface area contributed by atoms with Crippen LogP contribution in [0.1, 0.15) is 23.3 Å². The Morgan fingerprint density at radius 1 is 1.44 bits per heavy atom. The molecular formula is C10H15N5O2S. The zero-order valence-electron chi connectivity index (χ0n) is 10.3. The minimum Gasteiger partial charge on any atom is -0.380 e. The molecule has 2 atom stereocenters. The summed E-state index contributed by atoms with van der Waals surface area (Å²) in [6.07, 6.45) is 1.21. The van der Waals surface area contributed by atoms with Crippen molar-refractivity contribution in [1.29, 1.82) is 0 Å². The molecule has 7 nitrogen and oxygen atoms in total. The van der Waals surface area contributed by atoms with Gasteiger partial charge in [-0.2, -0.15) is 9.61 Å². The average Bonchev–Trinajstić information content (AvgIpc) is 3.04. The van der Waals surface area contributed by atoms with E-state index in [0.717, 1.165) is 28.8 Å². The van der Waals surface area contributed by atoms with Gasteiger partial charge in [0.05, 0.1) is 12.1 Å². The second kappa shape index (κ2) is 4.88. The van der Waals surface area contributed by atoms with E-state index in [-0.39, 0.29) is 12.1 Å². The number of ether oxygens (including phenoxy) is 2. The highest BCUT2D eigenvalue weighted by atomic mass is 32.1. The van der Waals surface area contributed by atoms with E-state index in [2.05, 4.69) is 20.6 Å². The highest BCUT2D eigenvalue weighted by molar-refractivity contribution is 7.16. The Kier molecular flexibility index (Phi) is 3.25. The van der Waals surface area contributed by atoms with Crippen molar-refractivity contribution in [2.45, 2.75) is 25.2 Å². The molecule has 2 unspecified atom stereocenters. The van der Waals surface area contributed by atoms with Crippen molar-refractivity contribution in [1.82, 2.24) is 25.1 Å². The number of nitrogens with zero attached hydrogens (tertiary/aromatic N) is 4. The van der Waals surface area contributed by atoms with Gasteiger partial charge < -0.3 is 14.8 Å². The van der Waals surface area contributed by atoms with Crippen molar-refractivity contribution >= 4 is 16.3 Å². The molecule has 0 amide bonds. The summed E-state index contributed by atoms with van der Waals surface area (Å²) in [5, 5.41) is 17.1. The molecule has 0 bridgehead atoms. The largest absolute Gasteiger partial charge is 0.380 e. The van der Waals surface area contributed by atoms with Crippen molar-refractivity contribution in [3.8, 4) is 0 Å². The Bertz CT molecular complexity index is 539. The van der Waals surface area contributed by atoms with Crippen molar-refractivity contribution < 1.29 is 9.47 Å². The highest BCUT2D eigenvalue weighted by Gasteiger charge is 2.28. The molecule has 1 fully saturated rings. The molecule has 0 aromatic carbocycles. The smallest absolute Gasteiger partial charge is 0.234 e. The molecule has 8 heteroatoms. The highest BCUT2D eigenvalue weighted by Crippen LogP contribution is 2.28. The van der Waals surface area contributed by atoms with Crippen LogP contribution in [0.3, 0.4) is 0 Å². The third kappa shape index (κ3) is 2.01. The maximum absolute atomic E-state index is 5.34. The molecule has 3 rings (SSSR count). The fraction of sp³-hybridized carbons (Fsp3) is 0.700. The van der Waals surface area contributed by atoms with Crippen LogP contribution in [0.5, 0.6) is 0 Å². The Labute approximate surface area is 108 Å². The van der Waals surface area contributed by atoms with Crippen LogP contribution in [0.4, 0.5) is 0 Å². The van der Waals surface area contributed by atoms with Crippen molar-refractivity contribution in [3.05, 3.63) is 10.8 Å². The first kappa shape index (κ1) is 12.0. The first-order valence-corrected chi connectivity index (χ1v) is 6.59. The van der Waals surface area contributed by atoms with E-state index in [1.165, 1.54) is 0 Å². The summed E-state index contributed by atoms with van der Waals surface area (Å²) >= 11 is 1.56. The number of hydrogen-bond donors (Lipinski definition) is 1. The van der Waals surface area contributed by atoms with E-state index in [9.17, 15) is 0 Å². The zero-order valence-corrected chi connectivity index (χ0v) is 11.1. The third-order valence-corrected chi connectivity index (χ3v) is 4.08. The van der Waals surface area contributed by atoms with Crippen LogP contribution in [-0.2, 0) is 16.1 Å². The van der Waals surface area contributed by atoms with Crippen molar-refractivity contribution in [3.63, 3.8) is 0 Å². The molecular weight excluding hydrogens is 254 g/mol. The van der Waals surface area contributed by atoms with Gasteiger partial charge in [0.15, 0.2) is 5.82 Å². The summed E-state index contributed by atoms with van der Waals surface area (Å²) in [4.78, 5) is 0.805. The molecule has 0 spiro atoms. The van der Waals surface area contributed by atoms with Gasteiger partial charge in [0.2, 0.25) is 4.96 Å². The molecule has 1 N–H and O–H groups in total. The fourth-order valence-electron chi connectivity index (χ4n) is 2.10. The lowest BCUT2D eigenvalue weighted by Crippen LogP contribution is -2.16.